The highest BCUT2D eigenvalue weighted by molar-refractivity contribution is 6.00. The number of amides is 7. The second kappa shape index (κ2) is 29.4. The third kappa shape index (κ3) is 20.9. The molecule has 0 unspecified atom stereocenters. The summed E-state index contributed by atoms with van der Waals surface area (Å²) in [5.74, 6) is -13.2. The molecular formula is C47H68N10O14. The van der Waals surface area contributed by atoms with E-state index in [-0.39, 0.29) is 37.4 Å². The molecule has 0 aliphatic carbocycles. The summed E-state index contributed by atoms with van der Waals surface area (Å²) in [4.78, 5) is 136. The zero-order valence-electron chi connectivity index (χ0n) is 40.8. The summed E-state index contributed by atoms with van der Waals surface area (Å²) in [7, 11) is 2.75. The molecule has 0 bridgehead atoms. The molecule has 1 saturated heterocycles. The maximum absolute atomic E-state index is 14.2. The number of carbonyl (C=O) groups is 10. The maximum atomic E-state index is 14.2. The predicted molar refractivity (Wildman–Crippen MR) is 257 cm³/mol. The molecule has 1 fully saturated rings. The lowest BCUT2D eigenvalue weighted by atomic mass is 9.94. The Hall–Kier alpha value is -7.63. The normalized spacial score (nSPS) is 24.1. The predicted octanol–water partition coefficient (Wildman–Crippen LogP) is -0.809. The van der Waals surface area contributed by atoms with Crippen molar-refractivity contribution in [3.05, 3.63) is 72.0 Å². The molecule has 24 heteroatoms. The molecule has 390 valence electrons. The van der Waals surface area contributed by atoms with Crippen molar-refractivity contribution in [3.8, 4) is 0 Å². The van der Waals surface area contributed by atoms with E-state index in [9.17, 15) is 63.3 Å². The van der Waals surface area contributed by atoms with E-state index in [1.165, 1.54) is 19.9 Å². The number of hydrogen-bond donors (Lipinski definition) is 11. The molecule has 7 amide bonds. The van der Waals surface area contributed by atoms with Crippen LogP contribution in [0.5, 0.6) is 0 Å². The van der Waals surface area contributed by atoms with Crippen molar-refractivity contribution in [2.75, 3.05) is 20.7 Å². The zero-order valence-corrected chi connectivity index (χ0v) is 40.8. The quantitative estimate of drug-likeness (QED) is 0.0317. The van der Waals surface area contributed by atoms with Crippen LogP contribution < -0.4 is 43.4 Å². The Morgan fingerprint density at radius 1 is 0.859 bits per heavy atom. The van der Waals surface area contributed by atoms with Gasteiger partial charge in [-0.05, 0) is 51.5 Å². The number of carboxylic acids is 3. The van der Waals surface area contributed by atoms with Crippen LogP contribution in [0.2, 0.25) is 0 Å². The number of benzene rings is 1. The van der Waals surface area contributed by atoms with E-state index in [4.69, 9.17) is 16.2 Å². The topological polar surface area (TPSA) is 380 Å². The van der Waals surface area contributed by atoms with Gasteiger partial charge in [0.2, 0.25) is 35.4 Å². The van der Waals surface area contributed by atoms with E-state index < -0.39 is 139 Å². The number of aliphatic carboxylic acids is 3. The average Bonchev–Trinajstić information content (AvgIpc) is 3.31. The number of ether oxygens (including phenoxy) is 1. The van der Waals surface area contributed by atoms with Gasteiger partial charge >= 0.3 is 17.9 Å². The van der Waals surface area contributed by atoms with Crippen LogP contribution in [0.15, 0.2) is 71.4 Å². The van der Waals surface area contributed by atoms with Gasteiger partial charge in [-0.25, -0.2) is 9.59 Å². The molecule has 0 radical (unpaired) electrons. The van der Waals surface area contributed by atoms with Gasteiger partial charge in [-0.1, -0.05) is 74.6 Å². The fourth-order valence-electron chi connectivity index (χ4n) is 7.09. The lowest BCUT2D eigenvalue weighted by Gasteiger charge is -2.27. The summed E-state index contributed by atoms with van der Waals surface area (Å²) < 4.78 is 5.79. The minimum Gasteiger partial charge on any atom is -0.481 e. The van der Waals surface area contributed by atoms with E-state index in [0.29, 0.717) is 12.0 Å². The second-order valence-electron chi connectivity index (χ2n) is 17.1. The Kier molecular flexibility index (Phi) is 24.6. The number of rotatable bonds is 16. The van der Waals surface area contributed by atoms with Gasteiger partial charge in [0.1, 0.15) is 35.9 Å². The van der Waals surface area contributed by atoms with E-state index in [2.05, 4.69) is 43.5 Å². The molecule has 1 aromatic carbocycles. The highest BCUT2D eigenvalue weighted by Crippen LogP contribution is 2.18. The van der Waals surface area contributed by atoms with E-state index in [1.54, 1.807) is 20.1 Å². The summed E-state index contributed by atoms with van der Waals surface area (Å²) in [6.45, 7) is 9.87. The first kappa shape index (κ1) is 59.5. The smallest absolute Gasteiger partial charge is 0.326 e. The van der Waals surface area contributed by atoms with Crippen molar-refractivity contribution >= 4 is 65.2 Å². The van der Waals surface area contributed by atoms with E-state index in [0.717, 1.165) is 17.5 Å². The molecule has 1 aliphatic rings. The van der Waals surface area contributed by atoms with Crippen molar-refractivity contribution in [2.24, 2.45) is 28.3 Å². The van der Waals surface area contributed by atoms with Crippen molar-refractivity contribution in [1.82, 2.24) is 36.8 Å². The van der Waals surface area contributed by atoms with Crippen molar-refractivity contribution in [2.45, 2.75) is 121 Å². The number of carboxylic acid groups (broad SMARTS) is 3. The maximum Gasteiger partial charge on any atom is 0.326 e. The fourth-order valence-corrected chi connectivity index (χ4v) is 7.09. The van der Waals surface area contributed by atoms with Crippen LogP contribution in [0.4, 0.5) is 0 Å². The molecule has 1 aromatic rings. The number of allylic oxidation sites excluding steroid dienone is 2. The number of nitrogens with zero attached hydrogens (tertiary/aromatic N) is 2. The van der Waals surface area contributed by atoms with Crippen LogP contribution in [-0.4, -0.2) is 148 Å². The number of guanidine groups is 1. The minimum absolute atomic E-state index is 0.0123. The van der Waals surface area contributed by atoms with Crippen LogP contribution in [-0.2, 0) is 59.1 Å². The Labute approximate surface area is 411 Å². The molecule has 13 N–H and O–H groups in total. The molecule has 1 heterocycles. The molecule has 9 atom stereocenters. The molecular weight excluding hydrogens is 929 g/mol. The molecule has 0 saturated carbocycles. The largest absolute Gasteiger partial charge is 0.481 e. The number of aliphatic imine (C=N–C) groups is 1. The fraction of sp³-hybridized carbons (Fsp3) is 0.511. The van der Waals surface area contributed by atoms with Gasteiger partial charge in [-0.15, -0.1) is 0 Å². The number of hydrogen-bond acceptors (Lipinski definition) is 12. The van der Waals surface area contributed by atoms with Crippen LogP contribution in [0.3, 0.4) is 0 Å². The van der Waals surface area contributed by atoms with Crippen LogP contribution in [0.1, 0.15) is 78.2 Å². The average molecular weight is 997 g/mol. The number of methoxy groups -OCH3 is 1. The van der Waals surface area contributed by atoms with E-state index in [1.807, 2.05) is 43.3 Å². The summed E-state index contributed by atoms with van der Waals surface area (Å²) in [5.41, 5.74) is 12.2. The molecule has 0 spiro atoms. The lowest BCUT2D eigenvalue weighted by molar-refractivity contribution is -0.144. The summed E-state index contributed by atoms with van der Waals surface area (Å²) in [5, 5.41) is 43.8. The van der Waals surface area contributed by atoms with Crippen molar-refractivity contribution in [1.29, 1.82) is 0 Å². The minimum atomic E-state index is -2.00. The summed E-state index contributed by atoms with van der Waals surface area (Å²) in [6, 6.07) is 0.195. The number of nitrogens with two attached hydrogens (primary N) is 2. The first-order valence-electron chi connectivity index (χ1n) is 22.8. The number of carbonyl (C=O) groups excluding carboxylic acids is 7. The highest BCUT2D eigenvalue weighted by atomic mass is 16.5. The van der Waals surface area contributed by atoms with Crippen molar-refractivity contribution < 1.29 is 68.0 Å². The van der Waals surface area contributed by atoms with Crippen LogP contribution in [0, 0.1) is 11.8 Å². The van der Waals surface area contributed by atoms with Crippen LogP contribution in [0.25, 0.3) is 0 Å². The Morgan fingerprint density at radius 2 is 1.46 bits per heavy atom. The number of nitrogens with one attached hydrogen (secondary N) is 6. The highest BCUT2D eigenvalue weighted by Gasteiger charge is 2.34. The first-order valence-corrected chi connectivity index (χ1v) is 22.8. The first-order chi connectivity index (χ1) is 33.3. The number of likely N-dealkylation sites (N-methyl/N-ethyl adjacent to an activating group) is 1. The molecule has 71 heavy (non-hydrogen) atoms. The van der Waals surface area contributed by atoms with Gasteiger partial charge in [0, 0.05) is 39.5 Å². The third-order valence-corrected chi connectivity index (χ3v) is 11.4. The van der Waals surface area contributed by atoms with Gasteiger partial charge in [-0.3, -0.25) is 43.3 Å². The van der Waals surface area contributed by atoms with Gasteiger partial charge in [0.25, 0.3) is 5.91 Å². The molecule has 1 aliphatic heterocycles. The van der Waals surface area contributed by atoms with Gasteiger partial charge in [0.15, 0.2) is 5.96 Å². The van der Waals surface area contributed by atoms with Gasteiger partial charge in [0.05, 0.1) is 24.5 Å². The summed E-state index contributed by atoms with van der Waals surface area (Å²) >= 11 is 0. The second-order valence-corrected chi connectivity index (χ2v) is 17.1. The monoisotopic (exact) mass is 996 g/mol. The Balaban J connectivity index is 2.69. The summed E-state index contributed by atoms with van der Waals surface area (Å²) in [6.07, 6.45) is 2.10. The molecule has 24 nitrogen and oxygen atoms in total. The zero-order chi connectivity index (χ0) is 53.5. The van der Waals surface area contributed by atoms with Crippen molar-refractivity contribution in [3.63, 3.8) is 0 Å². The van der Waals surface area contributed by atoms with Gasteiger partial charge in [-0.2, -0.15) is 0 Å². The molecule has 0 aromatic heterocycles. The van der Waals surface area contributed by atoms with Crippen LogP contribution >= 0.6 is 0 Å². The lowest BCUT2D eigenvalue weighted by Crippen LogP contribution is -2.56. The van der Waals surface area contributed by atoms with Gasteiger partial charge < -0.3 is 68.3 Å². The Bertz CT molecular complexity index is 2200. The standard InChI is InChI=1S/C47H68N10O14/c1-25(22-26(2)36(71-7)23-30-12-9-8-10-13-30)15-16-31-27(3)40(62)55-34(45(67)68)17-19-38(59)57(6)29(5)42(64)51-28(4)41(63)54-33(18-20-39(60)61)44(66)56-35(46(69)70)24-37(58)52-32(43(65)53-31)14-11-21-50-47(48)49/h8-10,12-13,15-16,22,26-28,31-36H,5,11,14,17-21,23-24H2,1-4,6-7H3,(H,51,64)(H,52,58)(H,53,65)(H,54,63)(H,55,62)(H,56,66)(H,60,61)(H,67,68)(H,69,70)(H4,48,49,50)/b16-15+,25-22+/t26-,27-,28+,31-,32-,33-,34+,35+,36-/m0/s1. The Morgan fingerprint density at radius 3 is 2.06 bits per heavy atom. The SMILES string of the molecule is C=C1C(=O)N[C@H](C)C(=O)N[C@@H](CCC(=O)O)C(=O)N[C@@H](C(=O)O)CC(=O)N[C@@H](CCCN=C(N)N)C(=O)N[C@@H](/C=C/C(C)=C/[C@H](C)[C@H](Cc2ccccc2)OC)[C@H](C)C(=O)N[C@@H](C(=O)O)CCC(=O)N1C. The third-order valence-electron chi connectivity index (χ3n) is 11.4. The van der Waals surface area contributed by atoms with E-state index >= 15 is 0 Å². The molecule has 2 rings (SSSR count).